The third kappa shape index (κ3) is 3.54. The van der Waals surface area contributed by atoms with Crippen LogP contribution in [0.3, 0.4) is 0 Å². The maximum absolute atomic E-state index is 8.95. The summed E-state index contributed by atoms with van der Waals surface area (Å²) in [6.45, 7) is 8.23. The highest BCUT2D eigenvalue weighted by molar-refractivity contribution is 7.19. The summed E-state index contributed by atoms with van der Waals surface area (Å²) in [6, 6.07) is 15.7. The molecule has 0 N–H and O–H groups in total. The lowest BCUT2D eigenvalue weighted by molar-refractivity contribution is 0.173. The van der Waals surface area contributed by atoms with E-state index in [9.17, 15) is 0 Å². The molecule has 1 saturated heterocycles. The van der Waals surface area contributed by atoms with Crippen molar-refractivity contribution < 1.29 is 14.0 Å². The lowest BCUT2D eigenvalue weighted by atomic mass is 9.79. The zero-order valence-corrected chi connectivity index (χ0v) is 15.9. The summed E-state index contributed by atoms with van der Waals surface area (Å²) in [6.07, 6.45) is 0. The van der Waals surface area contributed by atoms with Crippen LogP contribution in [0.4, 0.5) is 0 Å². The third-order valence-corrected chi connectivity index (χ3v) is 5.36. The number of benzene rings is 2. The fraction of sp³-hybridized carbons (Fsp3) is 0.200. The second-order valence-electron chi connectivity index (χ2n) is 6.79. The van der Waals surface area contributed by atoms with E-state index in [0.29, 0.717) is 17.4 Å². The van der Waals surface area contributed by atoms with Crippen molar-refractivity contribution in [2.75, 3.05) is 0 Å². The molecular formula is C20H17BN2O3S. The molecular weight excluding hydrogens is 359 g/mol. The highest BCUT2D eigenvalue weighted by Gasteiger charge is 2.42. The Morgan fingerprint density at radius 2 is 2.04 bits per heavy atom. The van der Waals surface area contributed by atoms with Crippen LogP contribution in [-0.2, 0) is 15.9 Å². The van der Waals surface area contributed by atoms with Gasteiger partial charge in [0, 0.05) is 0 Å². The molecule has 0 saturated carbocycles. The van der Waals surface area contributed by atoms with Gasteiger partial charge < -0.3 is 14.0 Å². The molecule has 0 amide bonds. The Bertz CT molecular complexity index is 1050. The molecule has 1 aromatic heterocycles. The molecule has 4 rings (SSSR count). The zero-order chi connectivity index (χ0) is 19.0. The van der Waals surface area contributed by atoms with Crippen LogP contribution in [0.5, 0.6) is 5.75 Å². The van der Waals surface area contributed by atoms with Crippen LogP contribution in [-0.4, -0.2) is 17.7 Å². The summed E-state index contributed by atoms with van der Waals surface area (Å²) < 4.78 is 18.4. The van der Waals surface area contributed by atoms with Crippen molar-refractivity contribution in [1.82, 2.24) is 4.98 Å². The van der Waals surface area contributed by atoms with Crippen LogP contribution in [0.1, 0.15) is 24.4 Å². The minimum Gasteiger partial charge on any atom is -0.534 e. The molecule has 0 aliphatic carbocycles. The Labute approximate surface area is 162 Å². The standard InChI is InChI=1S/C20H17BN2O3S/c1-13-20(2,3)26-21(25-13)15-6-4-14(5-7-15)12-24-16-8-9-17-18(10-16)27-19(11-22)23-17/h4-10H,1,12H2,2-3H3. The minimum atomic E-state index is -0.479. The molecule has 5 nitrogen and oxygen atoms in total. The number of hydrogen-bond donors (Lipinski definition) is 0. The number of rotatable bonds is 4. The van der Waals surface area contributed by atoms with Crippen molar-refractivity contribution in [1.29, 1.82) is 5.26 Å². The number of fused-ring (bicyclic) bond motifs is 1. The number of ether oxygens (including phenoxy) is 1. The molecule has 0 bridgehead atoms. The first kappa shape index (κ1) is 17.6. The average Bonchev–Trinajstić information content (AvgIpc) is 3.20. The van der Waals surface area contributed by atoms with Gasteiger partial charge in [0.25, 0.3) is 0 Å². The number of thiazole rings is 1. The van der Waals surface area contributed by atoms with E-state index in [-0.39, 0.29) is 0 Å². The van der Waals surface area contributed by atoms with E-state index in [1.807, 2.05) is 56.3 Å². The molecule has 1 aliphatic heterocycles. The van der Waals surface area contributed by atoms with Crippen LogP contribution >= 0.6 is 11.3 Å². The van der Waals surface area contributed by atoms with Gasteiger partial charge in [-0.2, -0.15) is 5.26 Å². The van der Waals surface area contributed by atoms with Gasteiger partial charge >= 0.3 is 7.12 Å². The first-order valence-corrected chi connectivity index (χ1v) is 9.32. The molecule has 3 aromatic rings. The van der Waals surface area contributed by atoms with E-state index >= 15 is 0 Å². The largest absolute Gasteiger partial charge is 0.563 e. The molecule has 0 spiro atoms. The van der Waals surface area contributed by atoms with Crippen LogP contribution in [0.25, 0.3) is 10.2 Å². The van der Waals surface area contributed by atoms with Gasteiger partial charge in [-0.25, -0.2) is 4.98 Å². The SMILES string of the molecule is C=C1OB(c2ccc(COc3ccc4nc(C#N)sc4c3)cc2)OC1(C)C. The molecule has 0 atom stereocenters. The molecule has 1 aliphatic rings. The molecule has 0 unspecified atom stereocenters. The van der Waals surface area contributed by atoms with Gasteiger partial charge in [0.05, 0.1) is 16.0 Å². The highest BCUT2D eigenvalue weighted by atomic mass is 32.1. The summed E-state index contributed by atoms with van der Waals surface area (Å²) in [7, 11) is -0.425. The van der Waals surface area contributed by atoms with Gasteiger partial charge in [-0.15, -0.1) is 11.3 Å². The molecule has 2 heterocycles. The summed E-state index contributed by atoms with van der Waals surface area (Å²) >= 11 is 1.36. The van der Waals surface area contributed by atoms with Crippen molar-refractivity contribution in [3.63, 3.8) is 0 Å². The second kappa shape index (κ2) is 6.73. The highest BCUT2D eigenvalue weighted by Crippen LogP contribution is 2.29. The topological polar surface area (TPSA) is 64.4 Å². The Balaban J connectivity index is 1.42. The van der Waals surface area contributed by atoms with Gasteiger partial charge in [0.2, 0.25) is 0 Å². The number of nitriles is 1. The predicted octanol–water partition coefficient (Wildman–Crippen LogP) is 3.78. The lowest BCUT2D eigenvalue weighted by Crippen LogP contribution is -2.34. The van der Waals surface area contributed by atoms with E-state index in [1.165, 1.54) is 11.3 Å². The molecule has 1 fully saturated rings. The van der Waals surface area contributed by atoms with E-state index in [1.54, 1.807) is 0 Å². The Kier molecular flexibility index (Phi) is 4.38. The molecule has 2 aromatic carbocycles. The smallest absolute Gasteiger partial charge is 0.534 e. The van der Waals surface area contributed by atoms with Gasteiger partial charge in [-0.1, -0.05) is 30.8 Å². The van der Waals surface area contributed by atoms with Crippen LogP contribution < -0.4 is 10.2 Å². The monoisotopic (exact) mass is 376 g/mol. The number of aromatic nitrogens is 1. The van der Waals surface area contributed by atoms with Crippen molar-refractivity contribution >= 4 is 34.1 Å². The Hall–Kier alpha value is -2.82. The van der Waals surface area contributed by atoms with Crippen molar-refractivity contribution in [3.8, 4) is 11.8 Å². The lowest BCUT2D eigenvalue weighted by Gasteiger charge is -2.15. The fourth-order valence-electron chi connectivity index (χ4n) is 2.74. The van der Waals surface area contributed by atoms with Gasteiger partial charge in [0.1, 0.15) is 24.0 Å². The quantitative estimate of drug-likeness (QED) is 0.649. The average molecular weight is 376 g/mol. The zero-order valence-electron chi connectivity index (χ0n) is 15.1. The van der Waals surface area contributed by atoms with Crippen molar-refractivity contribution in [3.05, 3.63) is 65.4 Å². The van der Waals surface area contributed by atoms with Gasteiger partial charge in [-0.05, 0) is 43.1 Å². The first-order valence-electron chi connectivity index (χ1n) is 8.51. The minimum absolute atomic E-state index is 0.425. The van der Waals surface area contributed by atoms with E-state index in [2.05, 4.69) is 17.6 Å². The fourth-order valence-corrected chi connectivity index (χ4v) is 3.54. The predicted molar refractivity (Wildman–Crippen MR) is 106 cm³/mol. The van der Waals surface area contributed by atoms with E-state index in [4.69, 9.17) is 19.3 Å². The van der Waals surface area contributed by atoms with Crippen molar-refractivity contribution in [2.45, 2.75) is 26.1 Å². The maximum Gasteiger partial charge on any atom is 0.563 e. The molecule has 134 valence electrons. The third-order valence-electron chi connectivity index (χ3n) is 4.44. The van der Waals surface area contributed by atoms with Crippen LogP contribution in [0, 0.1) is 11.3 Å². The number of hydrogen-bond acceptors (Lipinski definition) is 6. The summed E-state index contributed by atoms with van der Waals surface area (Å²) in [5.74, 6) is 1.39. The normalized spacial score (nSPS) is 15.6. The van der Waals surface area contributed by atoms with Crippen LogP contribution in [0.2, 0.25) is 0 Å². The van der Waals surface area contributed by atoms with E-state index in [0.717, 1.165) is 27.0 Å². The van der Waals surface area contributed by atoms with Gasteiger partial charge in [-0.3, -0.25) is 0 Å². The van der Waals surface area contributed by atoms with Gasteiger partial charge in [0.15, 0.2) is 5.01 Å². The Morgan fingerprint density at radius 3 is 2.70 bits per heavy atom. The summed E-state index contributed by atoms with van der Waals surface area (Å²) in [4.78, 5) is 4.23. The molecule has 7 heteroatoms. The molecule has 27 heavy (non-hydrogen) atoms. The summed E-state index contributed by atoms with van der Waals surface area (Å²) in [5.41, 5.74) is 2.32. The van der Waals surface area contributed by atoms with Crippen molar-refractivity contribution in [2.24, 2.45) is 0 Å². The number of nitrogens with zero attached hydrogens (tertiary/aromatic N) is 2. The first-order chi connectivity index (χ1) is 12.9. The Morgan fingerprint density at radius 1 is 1.26 bits per heavy atom. The van der Waals surface area contributed by atoms with Crippen LogP contribution in [0.15, 0.2) is 54.8 Å². The van der Waals surface area contributed by atoms with E-state index < -0.39 is 12.7 Å². The second-order valence-corrected chi connectivity index (χ2v) is 7.82. The molecule has 0 radical (unpaired) electrons. The maximum atomic E-state index is 8.95. The summed E-state index contributed by atoms with van der Waals surface area (Å²) in [5, 5.41) is 9.41.